The van der Waals surface area contributed by atoms with E-state index in [1.165, 1.54) is 12.1 Å². The van der Waals surface area contributed by atoms with Crippen molar-refractivity contribution in [3.63, 3.8) is 0 Å². The number of hydrogen-bond donors (Lipinski definition) is 2. The van der Waals surface area contributed by atoms with E-state index in [4.69, 9.17) is 5.14 Å². The van der Waals surface area contributed by atoms with E-state index in [1.807, 2.05) is 58.8 Å². The zero-order valence-corrected chi connectivity index (χ0v) is 19.2. The summed E-state index contributed by atoms with van der Waals surface area (Å²) in [6.45, 7) is 8.37. The molecule has 164 valence electrons. The summed E-state index contributed by atoms with van der Waals surface area (Å²) in [5.74, 6) is -0.419. The van der Waals surface area contributed by atoms with E-state index < -0.39 is 15.9 Å². The molecule has 0 bridgehead atoms. The van der Waals surface area contributed by atoms with Crippen LogP contribution in [0.4, 0.5) is 14.9 Å². The molecule has 2 amide bonds. The highest BCUT2D eigenvalue weighted by Crippen LogP contribution is 2.33. The topological polar surface area (TPSA) is 87.8 Å². The molecule has 0 aliphatic carbocycles. The fourth-order valence-electron chi connectivity index (χ4n) is 3.17. The van der Waals surface area contributed by atoms with Gasteiger partial charge in [-0.3, -0.25) is 0 Å². The Bertz CT molecular complexity index is 995. The molecule has 0 spiro atoms. The van der Waals surface area contributed by atoms with Gasteiger partial charge in [0.25, 0.3) is 0 Å². The molecule has 0 aromatic heterocycles. The lowest BCUT2D eigenvalue weighted by Gasteiger charge is -2.20. The van der Waals surface area contributed by atoms with Crippen LogP contribution in [0.2, 0.25) is 0 Å². The fourth-order valence-corrected chi connectivity index (χ4v) is 4.09. The summed E-state index contributed by atoms with van der Waals surface area (Å²) < 4.78 is 30.7. The first kappa shape index (κ1) is 24.0. The third-order valence-electron chi connectivity index (χ3n) is 4.62. The Morgan fingerprint density at radius 2 is 1.60 bits per heavy atom. The first-order chi connectivity index (χ1) is 13.9. The molecule has 0 saturated carbocycles. The molecule has 1 unspecified atom stereocenters. The molecule has 0 radical (unpaired) electrons. The molecule has 0 aliphatic heterocycles. The second-order valence-electron chi connectivity index (χ2n) is 8.24. The van der Waals surface area contributed by atoms with E-state index >= 15 is 0 Å². The number of nitrogens with zero attached hydrogens (tertiary/aromatic N) is 2. The number of carbonyl (C=O) groups is 1. The summed E-state index contributed by atoms with van der Waals surface area (Å²) >= 11 is 0. The molecule has 0 saturated heterocycles. The zero-order chi connectivity index (χ0) is 22.6. The van der Waals surface area contributed by atoms with E-state index in [1.54, 1.807) is 12.1 Å². The first-order valence-corrected chi connectivity index (χ1v) is 11.4. The summed E-state index contributed by atoms with van der Waals surface area (Å²) in [7, 11) is 0.477. The van der Waals surface area contributed by atoms with Gasteiger partial charge in [0.1, 0.15) is 15.7 Å². The molecule has 0 heterocycles. The molecule has 1 atom stereocenters. The van der Waals surface area contributed by atoms with Crippen molar-refractivity contribution in [1.29, 1.82) is 0 Å². The molecule has 2 aromatic rings. The third kappa shape index (κ3) is 6.10. The van der Waals surface area contributed by atoms with Crippen LogP contribution in [0.5, 0.6) is 0 Å². The maximum absolute atomic E-state index is 14.1. The van der Waals surface area contributed by atoms with Gasteiger partial charge in [0.2, 0.25) is 0 Å². The zero-order valence-electron chi connectivity index (χ0n) is 18.4. The van der Waals surface area contributed by atoms with Gasteiger partial charge in [-0.25, -0.2) is 18.5 Å². The van der Waals surface area contributed by atoms with Crippen LogP contribution < -0.4 is 10.5 Å². The highest BCUT2D eigenvalue weighted by atomic mass is 32.2. The smallest absolute Gasteiger partial charge is 0.305 e. The van der Waals surface area contributed by atoms with Crippen molar-refractivity contribution < 1.29 is 13.4 Å². The number of urea groups is 1. The number of nitrogens with one attached hydrogen (secondary N) is 1. The van der Waals surface area contributed by atoms with Crippen LogP contribution in [0.15, 0.2) is 45.7 Å². The molecule has 2 rings (SSSR count). The number of anilines is 1. The normalized spacial score (nSPS) is 13.6. The van der Waals surface area contributed by atoms with Crippen LogP contribution >= 0.6 is 0 Å². The molecule has 6 nitrogen and oxygen atoms in total. The third-order valence-corrected chi connectivity index (χ3v) is 6.00. The Labute approximate surface area is 179 Å². The monoisotopic (exact) mass is 434 g/mol. The number of amides is 2. The van der Waals surface area contributed by atoms with E-state index in [2.05, 4.69) is 9.68 Å². The molecule has 3 N–H and O–H groups in total. The Hall–Kier alpha value is -2.29. The van der Waals surface area contributed by atoms with Crippen LogP contribution in [0.25, 0.3) is 0 Å². The van der Waals surface area contributed by atoms with Gasteiger partial charge in [-0.15, -0.1) is 4.36 Å². The van der Waals surface area contributed by atoms with Crippen LogP contribution in [0.3, 0.4) is 0 Å². The van der Waals surface area contributed by atoms with Crippen molar-refractivity contribution in [2.24, 2.45) is 9.50 Å². The average molecular weight is 435 g/mol. The largest absolute Gasteiger partial charge is 0.354 e. The first-order valence-electron chi connectivity index (χ1n) is 9.83. The molecular weight excluding hydrogens is 403 g/mol. The minimum Gasteiger partial charge on any atom is -0.305 e. The molecular formula is C22H31FN4O2S. The number of benzene rings is 2. The van der Waals surface area contributed by atoms with E-state index in [9.17, 15) is 13.4 Å². The summed E-state index contributed by atoms with van der Waals surface area (Å²) in [6, 6.07) is 8.83. The lowest BCUT2D eigenvalue weighted by Crippen LogP contribution is -2.19. The number of hydrogen-bond acceptors (Lipinski definition) is 3. The molecule has 30 heavy (non-hydrogen) atoms. The highest BCUT2D eigenvalue weighted by Gasteiger charge is 2.19. The van der Waals surface area contributed by atoms with Gasteiger partial charge in [-0.2, -0.15) is 0 Å². The average Bonchev–Trinajstić information content (AvgIpc) is 2.61. The van der Waals surface area contributed by atoms with Crippen LogP contribution in [-0.4, -0.2) is 29.2 Å². The van der Waals surface area contributed by atoms with Crippen molar-refractivity contribution in [3.8, 4) is 0 Å². The predicted molar refractivity (Wildman–Crippen MR) is 120 cm³/mol. The number of rotatable bonds is 6. The van der Waals surface area contributed by atoms with Gasteiger partial charge < -0.3 is 10.2 Å². The van der Waals surface area contributed by atoms with Gasteiger partial charge in [0, 0.05) is 12.2 Å². The van der Waals surface area contributed by atoms with E-state index in [0.717, 1.165) is 12.1 Å². The Morgan fingerprint density at radius 1 is 1.10 bits per heavy atom. The van der Waals surface area contributed by atoms with Crippen molar-refractivity contribution >= 4 is 21.6 Å². The molecule has 8 heteroatoms. The predicted octanol–water partition coefficient (Wildman–Crippen LogP) is 5.07. The summed E-state index contributed by atoms with van der Waals surface area (Å²) in [5.41, 5.74) is 2.82. The maximum Gasteiger partial charge on any atom is 0.354 e. The van der Waals surface area contributed by atoms with E-state index in [-0.39, 0.29) is 22.5 Å². The summed E-state index contributed by atoms with van der Waals surface area (Å²) in [4.78, 5) is 14.9. The van der Waals surface area contributed by atoms with Gasteiger partial charge in [0.15, 0.2) is 0 Å². The Morgan fingerprint density at radius 3 is 2.03 bits per heavy atom. The molecule has 0 aliphatic rings. The second kappa shape index (κ2) is 9.68. The Balaban J connectivity index is 2.38. The summed E-state index contributed by atoms with van der Waals surface area (Å²) in [6.07, 6.45) is 0. The van der Waals surface area contributed by atoms with Gasteiger partial charge in [-0.05, 0) is 66.9 Å². The van der Waals surface area contributed by atoms with Crippen molar-refractivity contribution in [3.05, 3.63) is 58.9 Å². The van der Waals surface area contributed by atoms with Gasteiger partial charge >= 0.3 is 6.03 Å². The molecule has 0 fully saturated rings. The van der Waals surface area contributed by atoms with Crippen LogP contribution in [-0.2, 0) is 16.5 Å². The quantitative estimate of drug-likeness (QED) is 0.665. The lowest BCUT2D eigenvalue weighted by atomic mass is 9.92. The minimum absolute atomic E-state index is 0.0278. The lowest BCUT2D eigenvalue weighted by molar-refractivity contribution is 0.260. The highest BCUT2D eigenvalue weighted by molar-refractivity contribution is 7.91. The number of carbonyl (C=O) groups excluding carboxylic acids is 1. The SMILES string of the molecule is CC(C)c1cc(F)cc(C(C)C)c1NC(=O)N=S(N)(=O)c1ccc(CN(C)C)cc1. The van der Waals surface area contributed by atoms with Crippen molar-refractivity contribution in [1.82, 2.24) is 4.90 Å². The van der Waals surface area contributed by atoms with Gasteiger partial charge in [0.05, 0.1) is 4.90 Å². The van der Waals surface area contributed by atoms with Crippen LogP contribution in [0.1, 0.15) is 56.2 Å². The Kier molecular flexibility index (Phi) is 7.74. The number of nitrogens with two attached hydrogens (primary N) is 1. The number of halogens is 1. The van der Waals surface area contributed by atoms with Gasteiger partial charge in [-0.1, -0.05) is 39.8 Å². The summed E-state index contributed by atoms with van der Waals surface area (Å²) in [5, 5.41) is 8.59. The minimum atomic E-state index is -3.42. The maximum atomic E-state index is 14.1. The molecule has 2 aromatic carbocycles. The van der Waals surface area contributed by atoms with Crippen molar-refractivity contribution in [2.45, 2.75) is 51.0 Å². The standard InChI is InChI=1S/C22H31FN4O2S/c1-14(2)19-11-17(23)12-20(15(3)4)21(19)25-22(28)26-30(24,29)18-9-7-16(8-10-18)13-27(5)6/h7-12,14-15H,13H2,1-6H3,(H3,24,25,26,28,29). The van der Waals surface area contributed by atoms with Crippen molar-refractivity contribution in [2.75, 3.05) is 19.4 Å². The van der Waals surface area contributed by atoms with Crippen LogP contribution in [0, 0.1) is 5.82 Å². The second-order valence-corrected chi connectivity index (χ2v) is 10.0. The fraction of sp³-hybridized carbons (Fsp3) is 0.409. The van der Waals surface area contributed by atoms with E-state index in [0.29, 0.717) is 16.8 Å².